The molecule has 0 unspecified atom stereocenters. The van der Waals surface area contributed by atoms with Crippen molar-refractivity contribution in [3.63, 3.8) is 0 Å². The van der Waals surface area contributed by atoms with Gasteiger partial charge in [0, 0.05) is 12.6 Å². The molecular formula is C30H40N2O2. The van der Waals surface area contributed by atoms with Gasteiger partial charge in [0.1, 0.15) is 0 Å². The molecule has 0 radical (unpaired) electrons. The van der Waals surface area contributed by atoms with Gasteiger partial charge in [-0.1, -0.05) is 79.9 Å². The van der Waals surface area contributed by atoms with Gasteiger partial charge in [0.05, 0.1) is 17.1 Å². The summed E-state index contributed by atoms with van der Waals surface area (Å²) in [6.07, 6.45) is 9.33. The van der Waals surface area contributed by atoms with Crippen LogP contribution in [0.25, 0.3) is 0 Å². The van der Waals surface area contributed by atoms with Gasteiger partial charge in [0.15, 0.2) is 0 Å². The maximum atomic E-state index is 14.5. The zero-order valence-electron chi connectivity index (χ0n) is 20.7. The van der Waals surface area contributed by atoms with Crippen LogP contribution >= 0.6 is 0 Å². The molecule has 1 amide bonds. The van der Waals surface area contributed by atoms with E-state index in [1.54, 1.807) is 0 Å². The lowest BCUT2D eigenvalue weighted by Crippen LogP contribution is -2.58. The molecule has 3 aliphatic rings. The predicted octanol–water partition coefficient (Wildman–Crippen LogP) is 5.78. The minimum Gasteiger partial charge on any atom is -0.367 e. The number of nitrogens with zero attached hydrogens (tertiary/aromatic N) is 1. The maximum absolute atomic E-state index is 14.5. The molecule has 2 aromatic carbocycles. The van der Waals surface area contributed by atoms with Gasteiger partial charge in [0.25, 0.3) is 0 Å². The fourth-order valence-electron chi connectivity index (χ4n) is 6.85. The minimum absolute atomic E-state index is 0.0407. The first kappa shape index (κ1) is 23.6. The molecule has 2 saturated heterocycles. The number of amides is 1. The Hall–Kier alpha value is -2.17. The van der Waals surface area contributed by atoms with Crippen LogP contribution in [-0.2, 0) is 14.9 Å². The smallest absolute Gasteiger partial charge is 0.233 e. The normalized spacial score (nSPS) is 26.1. The Labute approximate surface area is 205 Å². The number of nitrogens with one attached hydrogen (secondary N) is 1. The summed E-state index contributed by atoms with van der Waals surface area (Å²) in [7, 11) is 0. The van der Waals surface area contributed by atoms with E-state index in [2.05, 4.69) is 77.8 Å². The van der Waals surface area contributed by atoms with E-state index in [-0.39, 0.29) is 23.2 Å². The quantitative estimate of drug-likeness (QED) is 0.615. The molecule has 2 aromatic rings. The number of piperidine rings is 1. The third kappa shape index (κ3) is 4.55. The molecule has 1 spiro atoms. The molecule has 4 nitrogen and oxygen atoms in total. The Bertz CT molecular complexity index is 933. The van der Waals surface area contributed by atoms with Crippen LogP contribution in [0.1, 0.15) is 81.9 Å². The van der Waals surface area contributed by atoms with Crippen LogP contribution < -0.4 is 5.32 Å². The first-order chi connectivity index (χ1) is 16.7. The van der Waals surface area contributed by atoms with Crippen molar-refractivity contribution in [2.45, 2.75) is 87.9 Å². The first-order valence-corrected chi connectivity index (χ1v) is 13.5. The molecule has 1 N–H and O–H groups in total. The summed E-state index contributed by atoms with van der Waals surface area (Å²) in [6.45, 7) is 4.90. The molecule has 4 heteroatoms. The predicted molar refractivity (Wildman–Crippen MR) is 137 cm³/mol. The standard InChI is InChI=1S/C30H40N2O2/c1-2-32(28(33)30(16-10-5-11-17-30)25-14-8-4-9-15-25)26-22-27(24-12-6-3-7-13-24)34-29(23-26)18-20-31-21-19-29/h3-4,6-9,12-15,26-27,31H,2,5,10-11,16-23H2,1H3/t26-,27-/m0/s1. The summed E-state index contributed by atoms with van der Waals surface area (Å²) >= 11 is 0. The molecule has 2 heterocycles. The van der Waals surface area contributed by atoms with Crippen molar-refractivity contribution in [3.8, 4) is 0 Å². The summed E-state index contributed by atoms with van der Waals surface area (Å²) in [4.78, 5) is 16.8. The zero-order valence-corrected chi connectivity index (χ0v) is 20.7. The third-order valence-corrected chi connectivity index (χ3v) is 8.66. The summed E-state index contributed by atoms with van der Waals surface area (Å²) in [5, 5.41) is 3.51. The van der Waals surface area contributed by atoms with Crippen LogP contribution in [-0.4, -0.2) is 42.1 Å². The molecule has 34 heavy (non-hydrogen) atoms. The van der Waals surface area contributed by atoms with E-state index in [9.17, 15) is 4.79 Å². The molecule has 5 rings (SSSR count). The van der Waals surface area contributed by atoms with Crippen molar-refractivity contribution in [2.75, 3.05) is 19.6 Å². The summed E-state index contributed by atoms with van der Waals surface area (Å²) in [6, 6.07) is 21.5. The highest BCUT2D eigenvalue weighted by Gasteiger charge is 2.49. The Kier molecular flexibility index (Phi) is 7.08. The van der Waals surface area contributed by atoms with Gasteiger partial charge in [0.2, 0.25) is 5.91 Å². The lowest BCUT2D eigenvalue weighted by Gasteiger charge is -2.51. The Balaban J connectivity index is 1.48. The van der Waals surface area contributed by atoms with Gasteiger partial charge in [-0.2, -0.15) is 0 Å². The van der Waals surface area contributed by atoms with Crippen LogP contribution in [0, 0.1) is 0 Å². The van der Waals surface area contributed by atoms with Crippen molar-refractivity contribution in [1.29, 1.82) is 0 Å². The van der Waals surface area contributed by atoms with Crippen molar-refractivity contribution < 1.29 is 9.53 Å². The number of hydrogen-bond donors (Lipinski definition) is 1. The van der Waals surface area contributed by atoms with Crippen LogP contribution in [0.15, 0.2) is 60.7 Å². The van der Waals surface area contributed by atoms with Gasteiger partial charge < -0.3 is 15.0 Å². The second kappa shape index (κ2) is 10.2. The largest absolute Gasteiger partial charge is 0.367 e. The van der Waals surface area contributed by atoms with Gasteiger partial charge >= 0.3 is 0 Å². The van der Waals surface area contributed by atoms with Crippen molar-refractivity contribution in [1.82, 2.24) is 10.2 Å². The number of ether oxygens (including phenoxy) is 1. The Morgan fingerprint density at radius 2 is 1.59 bits per heavy atom. The van der Waals surface area contributed by atoms with Crippen LogP contribution in [0.5, 0.6) is 0 Å². The lowest BCUT2D eigenvalue weighted by molar-refractivity contribution is -0.174. The highest BCUT2D eigenvalue weighted by Crippen LogP contribution is 2.46. The van der Waals surface area contributed by atoms with E-state index in [0.717, 1.165) is 71.0 Å². The molecule has 182 valence electrons. The highest BCUT2D eigenvalue weighted by molar-refractivity contribution is 5.88. The molecule has 1 aliphatic carbocycles. The topological polar surface area (TPSA) is 41.6 Å². The van der Waals surface area contributed by atoms with Crippen molar-refractivity contribution in [2.24, 2.45) is 0 Å². The number of carbonyl (C=O) groups is 1. The van der Waals surface area contributed by atoms with Crippen LogP contribution in [0.4, 0.5) is 0 Å². The van der Waals surface area contributed by atoms with Gasteiger partial charge in [-0.25, -0.2) is 0 Å². The lowest BCUT2D eigenvalue weighted by atomic mass is 9.68. The number of rotatable bonds is 5. The van der Waals surface area contributed by atoms with E-state index < -0.39 is 0 Å². The highest BCUT2D eigenvalue weighted by atomic mass is 16.5. The van der Waals surface area contributed by atoms with Crippen LogP contribution in [0.3, 0.4) is 0 Å². The minimum atomic E-state index is -0.378. The van der Waals surface area contributed by atoms with Crippen molar-refractivity contribution >= 4 is 5.91 Å². The summed E-state index contributed by atoms with van der Waals surface area (Å²) in [5.41, 5.74) is 1.93. The van der Waals surface area contributed by atoms with E-state index in [1.165, 1.54) is 17.5 Å². The monoisotopic (exact) mass is 460 g/mol. The molecule has 2 atom stereocenters. The average molecular weight is 461 g/mol. The molecular weight excluding hydrogens is 420 g/mol. The average Bonchev–Trinajstić information content (AvgIpc) is 2.90. The van der Waals surface area contributed by atoms with Gasteiger partial charge in [-0.15, -0.1) is 0 Å². The zero-order chi connectivity index (χ0) is 23.4. The Morgan fingerprint density at radius 3 is 2.24 bits per heavy atom. The fraction of sp³-hybridized carbons (Fsp3) is 0.567. The SMILES string of the molecule is CCN(C(=O)C1(c2ccccc2)CCCCC1)[C@H]1C[C@@H](c2ccccc2)OC2(CCNCC2)C1. The summed E-state index contributed by atoms with van der Waals surface area (Å²) < 4.78 is 6.88. The first-order valence-electron chi connectivity index (χ1n) is 13.5. The van der Waals surface area contributed by atoms with Crippen LogP contribution in [0.2, 0.25) is 0 Å². The number of likely N-dealkylation sites (N-methyl/N-ethyl adjacent to an activating group) is 1. The van der Waals surface area contributed by atoms with Crippen molar-refractivity contribution in [3.05, 3.63) is 71.8 Å². The molecule has 3 fully saturated rings. The second-order valence-electron chi connectivity index (χ2n) is 10.6. The summed E-state index contributed by atoms with van der Waals surface area (Å²) in [5.74, 6) is 0.351. The molecule has 0 bridgehead atoms. The number of benzene rings is 2. The number of hydrogen-bond acceptors (Lipinski definition) is 3. The molecule has 0 aromatic heterocycles. The molecule has 2 aliphatic heterocycles. The van der Waals surface area contributed by atoms with E-state index in [4.69, 9.17) is 4.74 Å². The van der Waals surface area contributed by atoms with Gasteiger partial charge in [-0.3, -0.25) is 4.79 Å². The van der Waals surface area contributed by atoms with E-state index >= 15 is 0 Å². The van der Waals surface area contributed by atoms with E-state index in [0.29, 0.717) is 5.91 Å². The van der Waals surface area contributed by atoms with Gasteiger partial charge in [-0.05, 0) is 69.7 Å². The third-order valence-electron chi connectivity index (χ3n) is 8.66. The number of carbonyl (C=O) groups excluding carboxylic acids is 1. The van der Waals surface area contributed by atoms with E-state index in [1.807, 2.05) is 0 Å². The second-order valence-corrected chi connectivity index (χ2v) is 10.6. The Morgan fingerprint density at radius 1 is 0.941 bits per heavy atom. The fourth-order valence-corrected chi connectivity index (χ4v) is 6.85. The maximum Gasteiger partial charge on any atom is 0.233 e. The molecule has 1 saturated carbocycles.